The Bertz CT molecular complexity index is 836. The summed E-state index contributed by atoms with van der Waals surface area (Å²) in [5, 5.41) is 2.53. The van der Waals surface area contributed by atoms with Gasteiger partial charge in [-0.25, -0.2) is 8.42 Å². The van der Waals surface area contributed by atoms with Gasteiger partial charge in [-0.15, -0.1) is 0 Å². The second-order valence-corrected chi connectivity index (χ2v) is 8.04. The van der Waals surface area contributed by atoms with Crippen LogP contribution >= 0.6 is 0 Å². The van der Waals surface area contributed by atoms with E-state index in [1.54, 1.807) is 18.2 Å². The number of amides is 2. The van der Waals surface area contributed by atoms with E-state index in [2.05, 4.69) is 5.32 Å². The quantitative estimate of drug-likeness (QED) is 0.693. The van der Waals surface area contributed by atoms with Gasteiger partial charge in [0.25, 0.3) is 0 Å². The van der Waals surface area contributed by atoms with Crippen LogP contribution in [0.25, 0.3) is 0 Å². The number of nitrogens with two attached hydrogens (primary N) is 1. The molecule has 0 aliphatic heterocycles. The van der Waals surface area contributed by atoms with Gasteiger partial charge in [-0.1, -0.05) is 48.5 Å². The fourth-order valence-electron chi connectivity index (χ4n) is 2.47. The molecule has 3 N–H and O–H groups in total. The van der Waals surface area contributed by atoms with Crippen molar-refractivity contribution in [2.24, 2.45) is 5.73 Å². The van der Waals surface area contributed by atoms with Crippen molar-refractivity contribution >= 4 is 21.7 Å². The summed E-state index contributed by atoms with van der Waals surface area (Å²) < 4.78 is 24.6. The number of primary amides is 1. The SMILES string of the molecule is NC(=O)[C@H](CCS(=O)(=O)c1ccccc1)NC(=O)CCc1ccccc1. The Kier molecular flexibility index (Phi) is 6.91. The lowest BCUT2D eigenvalue weighted by Crippen LogP contribution is -2.45. The van der Waals surface area contributed by atoms with Crippen LogP contribution in [-0.2, 0) is 25.8 Å². The molecule has 0 fully saturated rings. The third kappa shape index (κ3) is 6.00. The van der Waals surface area contributed by atoms with E-state index in [0.29, 0.717) is 6.42 Å². The highest BCUT2D eigenvalue weighted by Crippen LogP contribution is 2.12. The van der Waals surface area contributed by atoms with E-state index in [0.717, 1.165) is 5.56 Å². The summed E-state index contributed by atoms with van der Waals surface area (Å²) in [5.41, 5.74) is 6.32. The van der Waals surface area contributed by atoms with Crippen LogP contribution in [0, 0.1) is 0 Å². The van der Waals surface area contributed by atoms with E-state index in [4.69, 9.17) is 5.73 Å². The van der Waals surface area contributed by atoms with Crippen molar-refractivity contribution in [2.75, 3.05) is 5.75 Å². The number of hydrogen-bond donors (Lipinski definition) is 2. The van der Waals surface area contributed by atoms with Crippen molar-refractivity contribution in [1.29, 1.82) is 0 Å². The molecule has 0 spiro atoms. The van der Waals surface area contributed by atoms with Gasteiger partial charge in [0.05, 0.1) is 10.6 Å². The molecule has 0 saturated heterocycles. The Labute approximate surface area is 153 Å². The molecule has 7 heteroatoms. The summed E-state index contributed by atoms with van der Waals surface area (Å²) in [6.45, 7) is 0. The predicted octanol–water partition coefficient (Wildman–Crippen LogP) is 1.45. The number of sulfone groups is 1. The highest BCUT2D eigenvalue weighted by atomic mass is 32.2. The van der Waals surface area contributed by atoms with Gasteiger partial charge in [-0.3, -0.25) is 9.59 Å². The van der Waals surface area contributed by atoms with Gasteiger partial charge < -0.3 is 11.1 Å². The summed E-state index contributed by atoms with van der Waals surface area (Å²) in [6.07, 6.45) is 0.656. The van der Waals surface area contributed by atoms with Crippen molar-refractivity contribution in [2.45, 2.75) is 30.2 Å². The zero-order chi connectivity index (χ0) is 19.0. The molecule has 26 heavy (non-hydrogen) atoms. The van der Waals surface area contributed by atoms with Crippen molar-refractivity contribution in [3.63, 3.8) is 0 Å². The fraction of sp³-hybridized carbons (Fsp3) is 0.263. The number of carbonyl (C=O) groups excluding carboxylic acids is 2. The molecule has 0 aliphatic carbocycles. The van der Waals surface area contributed by atoms with Crippen LogP contribution in [0.4, 0.5) is 0 Å². The van der Waals surface area contributed by atoms with E-state index in [1.807, 2.05) is 30.3 Å². The van der Waals surface area contributed by atoms with Crippen LogP contribution in [0.1, 0.15) is 18.4 Å². The Hall–Kier alpha value is -2.67. The minimum absolute atomic E-state index is 0.0658. The number of rotatable bonds is 9. The van der Waals surface area contributed by atoms with Crippen LogP contribution in [-0.4, -0.2) is 32.0 Å². The van der Waals surface area contributed by atoms with Crippen LogP contribution in [0.2, 0.25) is 0 Å². The maximum absolute atomic E-state index is 12.3. The molecule has 0 aliphatic rings. The van der Waals surface area contributed by atoms with Crippen LogP contribution in [0.3, 0.4) is 0 Å². The van der Waals surface area contributed by atoms with Crippen molar-refractivity contribution in [3.8, 4) is 0 Å². The molecule has 0 unspecified atom stereocenters. The smallest absolute Gasteiger partial charge is 0.240 e. The first-order valence-corrected chi connectivity index (χ1v) is 9.94. The number of benzene rings is 2. The fourth-order valence-corrected chi connectivity index (χ4v) is 3.83. The summed E-state index contributed by atoms with van der Waals surface area (Å²) >= 11 is 0. The van der Waals surface area contributed by atoms with E-state index in [1.165, 1.54) is 12.1 Å². The molecule has 2 amide bonds. The van der Waals surface area contributed by atoms with Gasteiger partial charge in [0.1, 0.15) is 6.04 Å². The standard InChI is InChI=1S/C19H22N2O4S/c20-19(23)17(13-14-26(24,25)16-9-5-2-6-10-16)21-18(22)12-11-15-7-3-1-4-8-15/h1-10,17H,11-14H2,(H2,20,23)(H,21,22)/t17-/m0/s1. The molecule has 2 aromatic carbocycles. The van der Waals surface area contributed by atoms with E-state index in [-0.39, 0.29) is 29.4 Å². The minimum atomic E-state index is -3.54. The normalized spacial score (nSPS) is 12.3. The number of carbonyl (C=O) groups is 2. The van der Waals surface area contributed by atoms with Crippen molar-refractivity contribution in [3.05, 3.63) is 66.2 Å². The number of hydrogen-bond acceptors (Lipinski definition) is 4. The third-order valence-corrected chi connectivity index (χ3v) is 5.70. The first-order valence-electron chi connectivity index (χ1n) is 8.29. The average Bonchev–Trinajstić information content (AvgIpc) is 2.65. The van der Waals surface area contributed by atoms with E-state index < -0.39 is 21.8 Å². The highest BCUT2D eigenvalue weighted by molar-refractivity contribution is 7.91. The lowest BCUT2D eigenvalue weighted by molar-refractivity contribution is -0.127. The van der Waals surface area contributed by atoms with E-state index >= 15 is 0 Å². The molecular formula is C19H22N2O4S. The Morgan fingerprint density at radius 2 is 1.54 bits per heavy atom. The maximum Gasteiger partial charge on any atom is 0.240 e. The molecule has 138 valence electrons. The first-order chi connectivity index (χ1) is 12.4. The maximum atomic E-state index is 12.3. The second kappa shape index (κ2) is 9.15. The summed E-state index contributed by atoms with van der Waals surface area (Å²) in [7, 11) is -3.54. The van der Waals surface area contributed by atoms with E-state index in [9.17, 15) is 18.0 Å². The average molecular weight is 374 g/mol. The van der Waals surface area contributed by atoms with Crippen LogP contribution in [0.15, 0.2) is 65.6 Å². The summed E-state index contributed by atoms with van der Waals surface area (Å²) in [5.74, 6) is -1.36. The minimum Gasteiger partial charge on any atom is -0.368 e. The van der Waals surface area contributed by atoms with Crippen molar-refractivity contribution in [1.82, 2.24) is 5.32 Å². The highest BCUT2D eigenvalue weighted by Gasteiger charge is 2.22. The molecule has 0 bridgehead atoms. The lowest BCUT2D eigenvalue weighted by Gasteiger charge is -2.15. The van der Waals surface area contributed by atoms with Gasteiger partial charge in [0.15, 0.2) is 9.84 Å². The van der Waals surface area contributed by atoms with Gasteiger partial charge in [-0.05, 0) is 30.5 Å². The Balaban J connectivity index is 1.90. The monoisotopic (exact) mass is 374 g/mol. The molecule has 1 atom stereocenters. The Morgan fingerprint density at radius 3 is 2.12 bits per heavy atom. The topological polar surface area (TPSA) is 106 Å². The lowest BCUT2D eigenvalue weighted by atomic mass is 10.1. The van der Waals surface area contributed by atoms with Crippen molar-refractivity contribution < 1.29 is 18.0 Å². The number of aryl methyl sites for hydroxylation is 1. The summed E-state index contributed by atoms with van der Waals surface area (Å²) in [4.78, 5) is 23.8. The molecule has 0 aromatic heterocycles. The first kappa shape index (κ1) is 19.7. The van der Waals surface area contributed by atoms with Gasteiger partial charge in [-0.2, -0.15) is 0 Å². The zero-order valence-corrected chi connectivity index (χ0v) is 15.1. The molecule has 6 nitrogen and oxygen atoms in total. The van der Waals surface area contributed by atoms with Gasteiger partial charge in [0.2, 0.25) is 11.8 Å². The van der Waals surface area contributed by atoms with Gasteiger partial charge >= 0.3 is 0 Å². The Morgan fingerprint density at radius 1 is 0.962 bits per heavy atom. The van der Waals surface area contributed by atoms with Crippen LogP contribution in [0.5, 0.6) is 0 Å². The molecule has 0 saturated carbocycles. The molecule has 0 heterocycles. The van der Waals surface area contributed by atoms with Gasteiger partial charge in [0, 0.05) is 6.42 Å². The van der Waals surface area contributed by atoms with Crippen LogP contribution < -0.4 is 11.1 Å². The second-order valence-electron chi connectivity index (χ2n) is 5.93. The predicted molar refractivity (Wildman–Crippen MR) is 99.0 cm³/mol. The molecule has 0 radical (unpaired) electrons. The molecular weight excluding hydrogens is 352 g/mol. The molecule has 2 aromatic rings. The zero-order valence-electron chi connectivity index (χ0n) is 14.3. The number of nitrogens with one attached hydrogen (secondary N) is 1. The third-order valence-electron chi connectivity index (χ3n) is 3.94. The molecule has 2 rings (SSSR count). The largest absolute Gasteiger partial charge is 0.368 e. The summed E-state index contributed by atoms with van der Waals surface area (Å²) in [6, 6.07) is 16.4.